The summed E-state index contributed by atoms with van der Waals surface area (Å²) in [6.45, 7) is 11.4. The van der Waals surface area contributed by atoms with Gasteiger partial charge in [0.05, 0.1) is 25.2 Å². The van der Waals surface area contributed by atoms with Crippen molar-refractivity contribution in [1.29, 1.82) is 0 Å². The number of Topliss-reactive ketones (excluding diaryl/α,β-unsaturated/α-hetero) is 1. The van der Waals surface area contributed by atoms with Crippen LogP contribution in [0.5, 0.6) is 11.5 Å². The topological polar surface area (TPSA) is 114 Å². The molecule has 3 N–H and O–H groups in total. The van der Waals surface area contributed by atoms with Crippen LogP contribution in [0.25, 0.3) is 0 Å². The highest BCUT2D eigenvalue weighted by atomic mass is 16.5. The summed E-state index contributed by atoms with van der Waals surface area (Å²) in [6, 6.07) is 16.4. The van der Waals surface area contributed by atoms with Gasteiger partial charge in [-0.15, -0.1) is 0 Å². The van der Waals surface area contributed by atoms with Crippen LogP contribution < -0.4 is 20.1 Å². The number of nitrogens with one attached hydrogen (secondary N) is 2. The molecule has 222 valence electrons. The van der Waals surface area contributed by atoms with Gasteiger partial charge in [-0.2, -0.15) is 0 Å². The van der Waals surface area contributed by atoms with E-state index >= 15 is 0 Å². The molecule has 0 aromatic heterocycles. The van der Waals surface area contributed by atoms with E-state index in [0.717, 1.165) is 22.3 Å². The maximum Gasteiger partial charge on any atom is 0.235 e. The molecule has 0 heterocycles. The van der Waals surface area contributed by atoms with Crippen molar-refractivity contribution in [2.45, 2.75) is 59.5 Å². The van der Waals surface area contributed by atoms with Gasteiger partial charge in [0.2, 0.25) is 11.8 Å². The lowest BCUT2D eigenvalue weighted by Crippen LogP contribution is -2.56. The first-order chi connectivity index (χ1) is 19.9. The Hall–Kier alpha value is -4.17. The summed E-state index contributed by atoms with van der Waals surface area (Å²) in [5, 5.41) is 17.5. The number of anilines is 2. The largest absolute Gasteiger partial charge is 0.493 e. The number of amides is 2. The molecule has 1 aliphatic rings. The van der Waals surface area contributed by atoms with Gasteiger partial charge in [0.15, 0.2) is 11.5 Å². The van der Waals surface area contributed by atoms with Gasteiger partial charge in [0.25, 0.3) is 0 Å². The number of hydrogen-bond donors (Lipinski definition) is 3. The minimum atomic E-state index is -1.73. The standard InChI is InChI=1S/C34H40N2O6/c1-8-42-27-14-11-23(17-28(27)41-7)29-30(32(38)35-24-12-9-19(2)15-21(24)4)26(37)18-34(6,40)31(29)33(39)36-25-13-10-20(3)16-22(25)5/h9-17,29-31,40H,8,18H2,1-7H3,(H,35,38)(H,36,39). The fraction of sp³-hybridized carbons (Fsp3) is 0.382. The van der Waals surface area contributed by atoms with Crippen molar-refractivity contribution in [2.75, 3.05) is 24.4 Å². The Balaban J connectivity index is 1.83. The average molecular weight is 573 g/mol. The first kappa shape index (κ1) is 30.8. The summed E-state index contributed by atoms with van der Waals surface area (Å²) < 4.78 is 11.3. The second kappa shape index (κ2) is 12.4. The summed E-state index contributed by atoms with van der Waals surface area (Å²) in [5.74, 6) is -3.97. The highest BCUT2D eigenvalue weighted by Crippen LogP contribution is 2.48. The third-order valence-electron chi connectivity index (χ3n) is 7.98. The monoisotopic (exact) mass is 572 g/mol. The van der Waals surface area contributed by atoms with Gasteiger partial charge in [0.1, 0.15) is 11.7 Å². The van der Waals surface area contributed by atoms with E-state index in [1.54, 1.807) is 24.3 Å². The number of ether oxygens (including phenoxy) is 2. The lowest BCUT2D eigenvalue weighted by atomic mass is 9.61. The molecule has 4 rings (SSSR count). The van der Waals surface area contributed by atoms with Gasteiger partial charge in [-0.05, 0) is 82.5 Å². The van der Waals surface area contributed by atoms with Crippen LogP contribution in [0.15, 0.2) is 54.6 Å². The zero-order valence-corrected chi connectivity index (χ0v) is 25.3. The number of aryl methyl sites for hydroxylation is 4. The van der Waals surface area contributed by atoms with E-state index in [0.29, 0.717) is 35.0 Å². The summed E-state index contributed by atoms with van der Waals surface area (Å²) in [6.07, 6.45) is -0.354. The van der Waals surface area contributed by atoms with Crippen molar-refractivity contribution >= 4 is 29.0 Å². The average Bonchev–Trinajstić information content (AvgIpc) is 2.91. The predicted molar refractivity (Wildman–Crippen MR) is 163 cm³/mol. The second-order valence-corrected chi connectivity index (χ2v) is 11.4. The molecule has 4 atom stereocenters. The number of carbonyl (C=O) groups is 3. The summed E-state index contributed by atoms with van der Waals surface area (Å²) in [7, 11) is 1.50. The van der Waals surface area contributed by atoms with Crippen LogP contribution in [0.2, 0.25) is 0 Å². The van der Waals surface area contributed by atoms with E-state index in [4.69, 9.17) is 9.47 Å². The third-order valence-corrected chi connectivity index (χ3v) is 7.98. The van der Waals surface area contributed by atoms with Gasteiger partial charge < -0.3 is 25.2 Å². The molecule has 0 spiro atoms. The lowest BCUT2D eigenvalue weighted by Gasteiger charge is -2.44. The van der Waals surface area contributed by atoms with Crippen LogP contribution in [0, 0.1) is 39.5 Å². The van der Waals surface area contributed by atoms with Crippen molar-refractivity contribution in [3.05, 3.63) is 82.4 Å². The van der Waals surface area contributed by atoms with Gasteiger partial charge in [-0.3, -0.25) is 14.4 Å². The number of aliphatic hydroxyl groups is 1. The van der Waals surface area contributed by atoms with Crippen LogP contribution in [0.3, 0.4) is 0 Å². The molecule has 0 bridgehead atoms. The number of carbonyl (C=O) groups excluding carboxylic acids is 3. The maximum absolute atomic E-state index is 14.1. The number of methoxy groups -OCH3 is 1. The number of benzene rings is 3. The van der Waals surface area contributed by atoms with Crippen LogP contribution in [0.1, 0.15) is 54.0 Å². The highest BCUT2D eigenvalue weighted by molar-refractivity contribution is 6.10. The van der Waals surface area contributed by atoms with E-state index in [2.05, 4.69) is 10.6 Å². The zero-order valence-electron chi connectivity index (χ0n) is 25.3. The van der Waals surface area contributed by atoms with E-state index < -0.39 is 41.0 Å². The Morgan fingerprint density at radius 1 is 0.881 bits per heavy atom. The predicted octanol–water partition coefficient (Wildman–Crippen LogP) is 5.64. The molecule has 1 aliphatic carbocycles. The highest BCUT2D eigenvalue weighted by Gasteiger charge is 2.56. The fourth-order valence-corrected chi connectivity index (χ4v) is 5.99. The fourth-order valence-electron chi connectivity index (χ4n) is 5.99. The van der Waals surface area contributed by atoms with Crippen LogP contribution in [-0.2, 0) is 14.4 Å². The minimum Gasteiger partial charge on any atom is -0.493 e. The molecule has 1 fully saturated rings. The van der Waals surface area contributed by atoms with Crippen molar-refractivity contribution in [1.82, 2.24) is 0 Å². The quantitative estimate of drug-likeness (QED) is 0.301. The molecule has 8 nitrogen and oxygen atoms in total. The molecule has 3 aromatic rings. The Morgan fingerprint density at radius 3 is 1.98 bits per heavy atom. The summed E-state index contributed by atoms with van der Waals surface area (Å²) in [5.41, 5.74) is 3.74. The molecule has 1 saturated carbocycles. The molecule has 4 unspecified atom stereocenters. The van der Waals surface area contributed by atoms with Crippen LogP contribution in [-0.4, -0.2) is 42.0 Å². The zero-order chi connectivity index (χ0) is 30.8. The van der Waals surface area contributed by atoms with Gasteiger partial charge in [-0.1, -0.05) is 41.5 Å². The third kappa shape index (κ3) is 6.34. The van der Waals surface area contributed by atoms with E-state index in [1.165, 1.54) is 14.0 Å². The second-order valence-electron chi connectivity index (χ2n) is 11.4. The molecule has 0 saturated heterocycles. The number of rotatable bonds is 8. The van der Waals surface area contributed by atoms with Gasteiger partial charge >= 0.3 is 0 Å². The molecule has 3 aromatic carbocycles. The molecule has 2 amide bonds. The first-order valence-electron chi connectivity index (χ1n) is 14.2. The lowest BCUT2D eigenvalue weighted by molar-refractivity contribution is -0.150. The summed E-state index contributed by atoms with van der Waals surface area (Å²) in [4.78, 5) is 41.7. The summed E-state index contributed by atoms with van der Waals surface area (Å²) >= 11 is 0. The Morgan fingerprint density at radius 2 is 1.45 bits per heavy atom. The van der Waals surface area contributed by atoms with Gasteiger partial charge in [0, 0.05) is 23.7 Å². The van der Waals surface area contributed by atoms with E-state index in [9.17, 15) is 19.5 Å². The van der Waals surface area contributed by atoms with Crippen LogP contribution in [0.4, 0.5) is 11.4 Å². The smallest absolute Gasteiger partial charge is 0.235 e. The van der Waals surface area contributed by atoms with Crippen molar-refractivity contribution in [3.8, 4) is 11.5 Å². The Labute approximate surface area is 247 Å². The van der Waals surface area contributed by atoms with Crippen molar-refractivity contribution in [2.24, 2.45) is 11.8 Å². The SMILES string of the molecule is CCOc1ccc(C2C(C(=O)Nc3ccc(C)cc3C)C(=O)CC(C)(O)C2C(=O)Nc2ccc(C)cc2C)cc1OC. The number of hydrogen-bond acceptors (Lipinski definition) is 6. The van der Waals surface area contributed by atoms with E-state index in [-0.39, 0.29) is 6.42 Å². The maximum atomic E-state index is 14.1. The van der Waals surface area contributed by atoms with Crippen molar-refractivity contribution < 1.29 is 29.0 Å². The van der Waals surface area contributed by atoms with Crippen LogP contribution >= 0.6 is 0 Å². The number of ketones is 1. The molecule has 8 heteroatoms. The normalized spacial score (nSPS) is 21.9. The Kier molecular flexibility index (Phi) is 9.06. The molecule has 0 radical (unpaired) electrons. The molecule has 42 heavy (non-hydrogen) atoms. The van der Waals surface area contributed by atoms with Crippen molar-refractivity contribution in [3.63, 3.8) is 0 Å². The van der Waals surface area contributed by atoms with Gasteiger partial charge in [-0.25, -0.2) is 0 Å². The van der Waals surface area contributed by atoms with E-state index in [1.807, 2.05) is 65.0 Å². The first-order valence-corrected chi connectivity index (χ1v) is 14.2. The molecular formula is C34H40N2O6. The Bertz CT molecular complexity index is 1510. The molecular weight excluding hydrogens is 532 g/mol. The minimum absolute atomic E-state index is 0.354. The molecule has 0 aliphatic heterocycles.